The number of ether oxygens (including phenoxy) is 1. The molecule has 1 aromatic rings. The van der Waals surface area contributed by atoms with Crippen LogP contribution in [0.15, 0.2) is 11.2 Å². The van der Waals surface area contributed by atoms with Crippen molar-refractivity contribution < 1.29 is 4.74 Å². The van der Waals surface area contributed by atoms with Crippen molar-refractivity contribution in [1.29, 1.82) is 0 Å². The Morgan fingerprint density at radius 2 is 2.29 bits per heavy atom. The summed E-state index contributed by atoms with van der Waals surface area (Å²) >= 11 is 1.56. The third kappa shape index (κ3) is 3.93. The Morgan fingerprint density at radius 3 is 2.93 bits per heavy atom. The Kier molecular flexibility index (Phi) is 4.69. The molecule has 2 N–H and O–H groups in total. The summed E-state index contributed by atoms with van der Waals surface area (Å²) in [5.74, 6) is 1.38. The number of anilines is 1. The van der Waals surface area contributed by atoms with Gasteiger partial charge in [-0.15, -0.1) is 0 Å². The van der Waals surface area contributed by atoms with Crippen molar-refractivity contribution >= 4 is 17.6 Å². The average molecular weight is 213 g/mol. The van der Waals surface area contributed by atoms with Gasteiger partial charge >= 0.3 is 0 Å². The highest BCUT2D eigenvalue weighted by molar-refractivity contribution is 7.99. The van der Waals surface area contributed by atoms with Gasteiger partial charge in [-0.05, 0) is 13.8 Å². The predicted octanol–water partition coefficient (Wildman–Crippen LogP) is 1.50. The lowest BCUT2D eigenvalue weighted by Crippen LogP contribution is -2.00. The van der Waals surface area contributed by atoms with Crippen molar-refractivity contribution in [3.63, 3.8) is 0 Å². The monoisotopic (exact) mass is 213 g/mol. The van der Waals surface area contributed by atoms with E-state index in [-0.39, 0.29) is 0 Å². The Morgan fingerprint density at radius 1 is 1.50 bits per heavy atom. The lowest BCUT2D eigenvalue weighted by atomic mass is 10.4. The van der Waals surface area contributed by atoms with Crippen molar-refractivity contribution in [1.82, 2.24) is 9.97 Å². The topological polar surface area (TPSA) is 61.0 Å². The maximum absolute atomic E-state index is 5.59. The highest BCUT2D eigenvalue weighted by atomic mass is 32.2. The molecule has 78 valence electrons. The van der Waals surface area contributed by atoms with Crippen LogP contribution in [0.2, 0.25) is 0 Å². The minimum absolute atomic E-state index is 0.524. The number of hydrogen-bond donors (Lipinski definition) is 1. The van der Waals surface area contributed by atoms with Gasteiger partial charge < -0.3 is 10.5 Å². The largest absolute Gasteiger partial charge is 0.384 e. The zero-order chi connectivity index (χ0) is 10.4. The Hall–Kier alpha value is -0.810. The summed E-state index contributed by atoms with van der Waals surface area (Å²) in [5.41, 5.74) is 6.49. The van der Waals surface area contributed by atoms with Gasteiger partial charge in [-0.1, -0.05) is 11.8 Å². The fraction of sp³-hybridized carbons (Fsp3) is 0.556. The second-order valence-corrected chi connectivity index (χ2v) is 3.82. The highest BCUT2D eigenvalue weighted by Gasteiger charge is 2.00. The summed E-state index contributed by atoms with van der Waals surface area (Å²) in [7, 11) is 0. The zero-order valence-corrected chi connectivity index (χ0v) is 9.30. The van der Waals surface area contributed by atoms with Crippen LogP contribution in [0, 0.1) is 6.92 Å². The van der Waals surface area contributed by atoms with Crippen LogP contribution in [0.5, 0.6) is 0 Å². The van der Waals surface area contributed by atoms with Crippen molar-refractivity contribution in [3.05, 3.63) is 11.8 Å². The molecule has 0 aromatic carbocycles. The molecule has 0 aliphatic heterocycles. The molecule has 0 amide bonds. The average Bonchev–Trinajstić information content (AvgIpc) is 2.11. The third-order valence-electron chi connectivity index (χ3n) is 1.52. The molecular weight excluding hydrogens is 198 g/mol. The minimum Gasteiger partial charge on any atom is -0.384 e. The Balaban J connectivity index is 2.42. The first-order chi connectivity index (χ1) is 6.72. The summed E-state index contributed by atoms with van der Waals surface area (Å²) in [6.07, 6.45) is 0. The molecule has 14 heavy (non-hydrogen) atoms. The molecular formula is C9H15N3OS. The summed E-state index contributed by atoms with van der Waals surface area (Å²) in [5, 5.41) is 0.724. The summed E-state index contributed by atoms with van der Waals surface area (Å²) in [6.45, 7) is 5.35. The first-order valence-electron chi connectivity index (χ1n) is 4.54. The van der Waals surface area contributed by atoms with Crippen molar-refractivity contribution in [3.8, 4) is 0 Å². The molecule has 0 unspecified atom stereocenters. The summed E-state index contributed by atoms with van der Waals surface area (Å²) in [4.78, 5) is 8.35. The maximum Gasteiger partial charge on any atom is 0.189 e. The number of aryl methyl sites for hydroxylation is 1. The van der Waals surface area contributed by atoms with Crippen LogP contribution in [0.4, 0.5) is 5.82 Å². The van der Waals surface area contributed by atoms with Gasteiger partial charge in [-0.25, -0.2) is 9.97 Å². The maximum atomic E-state index is 5.59. The van der Waals surface area contributed by atoms with Gasteiger partial charge in [0.1, 0.15) is 5.82 Å². The number of aromatic nitrogens is 2. The molecule has 0 saturated heterocycles. The van der Waals surface area contributed by atoms with Gasteiger partial charge in [-0.2, -0.15) is 0 Å². The number of hydrogen-bond acceptors (Lipinski definition) is 5. The third-order valence-corrected chi connectivity index (χ3v) is 2.33. The van der Waals surface area contributed by atoms with Gasteiger partial charge in [0.2, 0.25) is 0 Å². The van der Waals surface area contributed by atoms with Crippen molar-refractivity contribution in [2.24, 2.45) is 0 Å². The summed E-state index contributed by atoms with van der Waals surface area (Å²) in [6, 6.07) is 1.76. The SMILES string of the molecule is CCOCCSc1nc(C)cc(N)n1. The molecule has 5 heteroatoms. The first kappa shape index (κ1) is 11.3. The van der Waals surface area contributed by atoms with E-state index in [0.29, 0.717) is 5.82 Å². The molecule has 0 spiro atoms. The molecule has 0 fully saturated rings. The second kappa shape index (κ2) is 5.82. The van der Waals surface area contributed by atoms with Crippen LogP contribution in [0.3, 0.4) is 0 Å². The van der Waals surface area contributed by atoms with E-state index in [1.807, 2.05) is 13.8 Å². The van der Waals surface area contributed by atoms with E-state index in [1.54, 1.807) is 17.8 Å². The van der Waals surface area contributed by atoms with Crippen LogP contribution in [-0.2, 0) is 4.74 Å². The van der Waals surface area contributed by atoms with E-state index in [4.69, 9.17) is 10.5 Å². The van der Waals surface area contributed by atoms with Crippen LogP contribution in [0.1, 0.15) is 12.6 Å². The summed E-state index contributed by atoms with van der Waals surface area (Å²) < 4.78 is 5.21. The Bertz CT molecular complexity index is 273. The highest BCUT2D eigenvalue weighted by Crippen LogP contribution is 2.14. The Labute approximate surface area is 88.3 Å². The molecule has 0 radical (unpaired) electrons. The second-order valence-electron chi connectivity index (χ2n) is 2.76. The molecule has 0 aliphatic rings. The fourth-order valence-electron chi connectivity index (χ4n) is 0.966. The molecule has 0 bridgehead atoms. The van der Waals surface area contributed by atoms with Crippen LogP contribution in [-0.4, -0.2) is 28.9 Å². The normalized spacial score (nSPS) is 10.4. The number of nitrogens with two attached hydrogens (primary N) is 1. The number of nitrogens with zero attached hydrogens (tertiary/aromatic N) is 2. The van der Waals surface area contributed by atoms with E-state index in [0.717, 1.165) is 29.8 Å². The molecule has 0 atom stereocenters. The van der Waals surface area contributed by atoms with Gasteiger partial charge in [0.05, 0.1) is 6.61 Å². The molecule has 4 nitrogen and oxygen atoms in total. The predicted molar refractivity (Wildman–Crippen MR) is 58.4 cm³/mol. The molecule has 1 heterocycles. The van der Waals surface area contributed by atoms with Gasteiger partial charge in [-0.3, -0.25) is 0 Å². The first-order valence-corrected chi connectivity index (χ1v) is 5.52. The van der Waals surface area contributed by atoms with E-state index in [1.165, 1.54) is 0 Å². The molecule has 0 aliphatic carbocycles. The molecule has 1 rings (SSSR count). The number of thioether (sulfide) groups is 1. The van der Waals surface area contributed by atoms with Crippen molar-refractivity contribution in [2.45, 2.75) is 19.0 Å². The zero-order valence-electron chi connectivity index (χ0n) is 8.49. The lowest BCUT2D eigenvalue weighted by molar-refractivity contribution is 0.164. The smallest absolute Gasteiger partial charge is 0.189 e. The number of nitrogen functional groups attached to an aromatic ring is 1. The lowest BCUT2D eigenvalue weighted by Gasteiger charge is -2.02. The van der Waals surface area contributed by atoms with Crippen LogP contribution >= 0.6 is 11.8 Å². The fourth-order valence-corrected chi connectivity index (χ4v) is 1.73. The van der Waals surface area contributed by atoms with E-state index >= 15 is 0 Å². The number of rotatable bonds is 5. The van der Waals surface area contributed by atoms with Crippen molar-refractivity contribution in [2.75, 3.05) is 24.7 Å². The molecule has 1 aromatic heterocycles. The van der Waals surface area contributed by atoms with Crippen LogP contribution < -0.4 is 5.73 Å². The van der Waals surface area contributed by atoms with Gasteiger partial charge in [0.25, 0.3) is 0 Å². The van der Waals surface area contributed by atoms with Gasteiger partial charge in [0.15, 0.2) is 5.16 Å². The van der Waals surface area contributed by atoms with E-state index < -0.39 is 0 Å². The minimum atomic E-state index is 0.524. The standard InChI is InChI=1S/C9H15N3OS/c1-3-13-4-5-14-9-11-7(2)6-8(10)12-9/h6H,3-5H2,1-2H3,(H2,10,11,12). The van der Waals surface area contributed by atoms with Crippen LogP contribution in [0.25, 0.3) is 0 Å². The molecule has 0 saturated carbocycles. The quantitative estimate of drug-likeness (QED) is 0.456. The van der Waals surface area contributed by atoms with E-state index in [9.17, 15) is 0 Å². The van der Waals surface area contributed by atoms with Gasteiger partial charge in [0, 0.05) is 24.1 Å². The van der Waals surface area contributed by atoms with E-state index in [2.05, 4.69) is 9.97 Å².